The number of rotatable bonds is 6. The van der Waals surface area contributed by atoms with Crippen LogP contribution in [0.25, 0.3) is 11.3 Å². The summed E-state index contributed by atoms with van der Waals surface area (Å²) in [5.41, 5.74) is 6.95. The third kappa shape index (κ3) is 4.84. The molecule has 1 atom stereocenters. The van der Waals surface area contributed by atoms with Crippen LogP contribution < -0.4 is 15.6 Å². The summed E-state index contributed by atoms with van der Waals surface area (Å²) in [6, 6.07) is 17.8. The first-order chi connectivity index (χ1) is 14.7. The molecule has 1 aliphatic rings. The van der Waals surface area contributed by atoms with Gasteiger partial charge in [-0.15, -0.1) is 0 Å². The van der Waals surface area contributed by atoms with Crippen LogP contribution in [-0.4, -0.2) is 41.3 Å². The van der Waals surface area contributed by atoms with Crippen molar-refractivity contribution in [1.82, 2.24) is 21.0 Å². The number of carbonyl (C=O) groups is 2. The standard InChI is InChI=1S/C22H22N4O4/c27-21(16-8-10-17(11-9-16)30-14-18-7-4-12-29-18)25-26-22(28)20-13-19(23-24-20)15-5-2-1-3-6-15/h1-3,5-6,8-11,13,18H,4,7,12,14H2,(H,23,24)(H,25,27)(H,26,28)/t18-/m1/s1. The van der Waals surface area contributed by atoms with Gasteiger partial charge in [0.15, 0.2) is 0 Å². The van der Waals surface area contributed by atoms with Crippen molar-refractivity contribution in [3.05, 3.63) is 71.9 Å². The van der Waals surface area contributed by atoms with E-state index in [1.165, 1.54) is 0 Å². The number of benzene rings is 2. The molecule has 0 bridgehead atoms. The molecule has 2 heterocycles. The van der Waals surface area contributed by atoms with E-state index >= 15 is 0 Å². The molecule has 30 heavy (non-hydrogen) atoms. The molecule has 3 aromatic rings. The van der Waals surface area contributed by atoms with Crippen molar-refractivity contribution in [2.75, 3.05) is 13.2 Å². The number of hydrazine groups is 1. The summed E-state index contributed by atoms with van der Waals surface area (Å²) in [7, 11) is 0. The fourth-order valence-electron chi connectivity index (χ4n) is 3.12. The fourth-order valence-corrected chi connectivity index (χ4v) is 3.12. The second-order valence-electron chi connectivity index (χ2n) is 6.91. The summed E-state index contributed by atoms with van der Waals surface area (Å²) in [6.07, 6.45) is 2.20. The molecule has 8 heteroatoms. The molecule has 0 saturated carbocycles. The van der Waals surface area contributed by atoms with Crippen molar-refractivity contribution < 1.29 is 19.1 Å². The van der Waals surface area contributed by atoms with Gasteiger partial charge >= 0.3 is 0 Å². The zero-order valence-corrected chi connectivity index (χ0v) is 16.3. The minimum absolute atomic E-state index is 0.132. The molecule has 0 aliphatic carbocycles. The number of aromatic nitrogens is 2. The van der Waals surface area contributed by atoms with Crippen LogP contribution in [0.2, 0.25) is 0 Å². The molecule has 4 rings (SSSR count). The molecule has 0 radical (unpaired) electrons. The topological polar surface area (TPSA) is 105 Å². The van der Waals surface area contributed by atoms with Crippen molar-refractivity contribution in [3.8, 4) is 17.0 Å². The van der Waals surface area contributed by atoms with E-state index in [0.29, 0.717) is 23.6 Å². The van der Waals surface area contributed by atoms with Gasteiger partial charge in [0.25, 0.3) is 11.8 Å². The Morgan fingerprint density at radius 1 is 1.07 bits per heavy atom. The number of aromatic amines is 1. The summed E-state index contributed by atoms with van der Waals surface area (Å²) in [5, 5.41) is 6.80. The normalized spacial score (nSPS) is 15.5. The Kier molecular flexibility index (Phi) is 6.05. The van der Waals surface area contributed by atoms with Crippen molar-refractivity contribution in [2.24, 2.45) is 0 Å². The fraction of sp³-hybridized carbons (Fsp3) is 0.227. The molecule has 1 fully saturated rings. The van der Waals surface area contributed by atoms with E-state index in [-0.39, 0.29) is 11.8 Å². The lowest BCUT2D eigenvalue weighted by Gasteiger charge is -2.12. The van der Waals surface area contributed by atoms with E-state index in [1.54, 1.807) is 30.3 Å². The predicted molar refractivity (Wildman–Crippen MR) is 110 cm³/mol. The highest BCUT2D eigenvalue weighted by Gasteiger charge is 2.16. The van der Waals surface area contributed by atoms with Gasteiger partial charge in [0.05, 0.1) is 11.8 Å². The summed E-state index contributed by atoms with van der Waals surface area (Å²) < 4.78 is 11.2. The van der Waals surface area contributed by atoms with Gasteiger partial charge in [0.1, 0.15) is 18.1 Å². The van der Waals surface area contributed by atoms with E-state index in [9.17, 15) is 9.59 Å². The summed E-state index contributed by atoms with van der Waals surface area (Å²) >= 11 is 0. The van der Waals surface area contributed by atoms with Gasteiger partial charge in [-0.1, -0.05) is 30.3 Å². The number of carbonyl (C=O) groups excluding carboxylic acids is 2. The lowest BCUT2D eigenvalue weighted by atomic mass is 10.1. The lowest BCUT2D eigenvalue weighted by Crippen LogP contribution is -2.41. The monoisotopic (exact) mass is 406 g/mol. The van der Waals surface area contributed by atoms with Crippen LogP contribution in [0, 0.1) is 0 Å². The van der Waals surface area contributed by atoms with E-state index in [2.05, 4.69) is 21.0 Å². The third-order valence-electron chi connectivity index (χ3n) is 4.76. The number of amides is 2. The summed E-state index contributed by atoms with van der Waals surface area (Å²) in [5.74, 6) is -0.261. The Bertz CT molecular complexity index is 995. The van der Waals surface area contributed by atoms with E-state index in [1.807, 2.05) is 30.3 Å². The molecule has 154 valence electrons. The highest BCUT2D eigenvalue weighted by atomic mass is 16.5. The Labute approximate surface area is 173 Å². The minimum Gasteiger partial charge on any atom is -0.491 e. The van der Waals surface area contributed by atoms with Crippen LogP contribution in [0.3, 0.4) is 0 Å². The maximum absolute atomic E-state index is 12.3. The first-order valence-electron chi connectivity index (χ1n) is 9.75. The molecule has 1 aromatic heterocycles. The zero-order chi connectivity index (χ0) is 20.8. The Hall–Kier alpha value is -3.65. The second-order valence-corrected chi connectivity index (χ2v) is 6.91. The molecule has 1 saturated heterocycles. The smallest absolute Gasteiger partial charge is 0.287 e. The number of nitrogens with zero attached hydrogens (tertiary/aromatic N) is 1. The van der Waals surface area contributed by atoms with Crippen LogP contribution in [0.15, 0.2) is 60.7 Å². The number of H-pyrrole nitrogens is 1. The Morgan fingerprint density at radius 3 is 2.57 bits per heavy atom. The first kappa shape index (κ1) is 19.7. The molecule has 2 amide bonds. The Balaban J connectivity index is 1.27. The molecule has 0 unspecified atom stereocenters. The van der Waals surface area contributed by atoms with Crippen LogP contribution >= 0.6 is 0 Å². The second kappa shape index (κ2) is 9.23. The zero-order valence-electron chi connectivity index (χ0n) is 16.3. The van der Waals surface area contributed by atoms with Gasteiger partial charge in [-0.25, -0.2) is 0 Å². The van der Waals surface area contributed by atoms with Crippen LogP contribution in [0.5, 0.6) is 5.75 Å². The van der Waals surface area contributed by atoms with Crippen LogP contribution in [0.1, 0.15) is 33.7 Å². The predicted octanol–water partition coefficient (Wildman–Crippen LogP) is 2.71. The quantitative estimate of drug-likeness (QED) is 0.546. The maximum Gasteiger partial charge on any atom is 0.287 e. The summed E-state index contributed by atoms with van der Waals surface area (Å²) in [4.78, 5) is 24.5. The van der Waals surface area contributed by atoms with Crippen LogP contribution in [0.4, 0.5) is 0 Å². The molecule has 8 nitrogen and oxygen atoms in total. The van der Waals surface area contributed by atoms with Crippen molar-refractivity contribution in [2.45, 2.75) is 18.9 Å². The van der Waals surface area contributed by atoms with Crippen molar-refractivity contribution in [1.29, 1.82) is 0 Å². The molecule has 2 aromatic carbocycles. The Morgan fingerprint density at radius 2 is 1.83 bits per heavy atom. The first-order valence-corrected chi connectivity index (χ1v) is 9.75. The average molecular weight is 406 g/mol. The van der Waals surface area contributed by atoms with E-state index < -0.39 is 11.8 Å². The third-order valence-corrected chi connectivity index (χ3v) is 4.76. The van der Waals surface area contributed by atoms with Gasteiger partial charge in [-0.2, -0.15) is 5.10 Å². The van der Waals surface area contributed by atoms with Gasteiger partial charge in [0, 0.05) is 17.7 Å². The average Bonchev–Trinajstić information content (AvgIpc) is 3.49. The van der Waals surface area contributed by atoms with Gasteiger partial charge in [0.2, 0.25) is 0 Å². The maximum atomic E-state index is 12.3. The summed E-state index contributed by atoms with van der Waals surface area (Å²) in [6.45, 7) is 1.28. The van der Waals surface area contributed by atoms with Gasteiger partial charge in [-0.3, -0.25) is 25.5 Å². The van der Waals surface area contributed by atoms with Gasteiger partial charge in [-0.05, 0) is 43.2 Å². The highest BCUT2D eigenvalue weighted by molar-refractivity contribution is 5.98. The molecular weight excluding hydrogens is 384 g/mol. The largest absolute Gasteiger partial charge is 0.491 e. The van der Waals surface area contributed by atoms with Gasteiger partial charge < -0.3 is 9.47 Å². The number of nitrogens with one attached hydrogen (secondary N) is 3. The minimum atomic E-state index is -0.491. The molecule has 1 aliphatic heterocycles. The molecule has 3 N–H and O–H groups in total. The van der Waals surface area contributed by atoms with E-state index in [0.717, 1.165) is 25.0 Å². The number of hydrogen-bond acceptors (Lipinski definition) is 5. The van der Waals surface area contributed by atoms with Crippen molar-refractivity contribution in [3.63, 3.8) is 0 Å². The van der Waals surface area contributed by atoms with Crippen molar-refractivity contribution >= 4 is 11.8 Å². The SMILES string of the molecule is O=C(NNC(=O)c1cc(-c2ccccc2)n[nH]1)c1ccc(OC[C@H]2CCCO2)cc1. The number of hydrogen-bond donors (Lipinski definition) is 3. The molecule has 0 spiro atoms. The van der Waals surface area contributed by atoms with Crippen LogP contribution in [-0.2, 0) is 4.74 Å². The van der Waals surface area contributed by atoms with E-state index in [4.69, 9.17) is 9.47 Å². The lowest BCUT2D eigenvalue weighted by molar-refractivity contribution is 0.0679. The highest BCUT2D eigenvalue weighted by Crippen LogP contribution is 2.18. The number of ether oxygens (including phenoxy) is 2. The molecular formula is C22H22N4O4.